The number of anilines is 1. The zero-order valence-corrected chi connectivity index (χ0v) is 9.16. The molecular weight excluding hydrogens is 204 g/mol. The molecule has 0 saturated carbocycles. The third-order valence-electron chi connectivity index (χ3n) is 2.13. The maximum atomic E-state index is 11.1. The summed E-state index contributed by atoms with van der Waals surface area (Å²) >= 11 is 1.55. The first-order chi connectivity index (χ1) is 6.27. The second-order valence-corrected chi connectivity index (χ2v) is 5.73. The van der Waals surface area contributed by atoms with Gasteiger partial charge in [0.05, 0.1) is 17.0 Å². The molecule has 1 unspecified atom stereocenters. The van der Waals surface area contributed by atoms with Crippen LogP contribution in [0.1, 0.15) is 12.8 Å². The van der Waals surface area contributed by atoms with E-state index < -0.39 is 10.8 Å². The molecule has 1 saturated heterocycles. The number of nitrogens with zero attached hydrogens (tertiary/aromatic N) is 2. The van der Waals surface area contributed by atoms with Crippen LogP contribution in [0.5, 0.6) is 0 Å². The van der Waals surface area contributed by atoms with E-state index in [0.717, 1.165) is 22.4 Å². The molecule has 0 amide bonds. The van der Waals surface area contributed by atoms with Crippen LogP contribution >= 0.6 is 11.3 Å². The minimum absolute atomic E-state index is 0.877. The fraction of sp³-hybridized carbons (Fsp3) is 0.625. The SMILES string of the molecule is CS(=O)c1cnc(N2CCCC2)s1. The van der Waals surface area contributed by atoms with Gasteiger partial charge in [0, 0.05) is 19.3 Å². The average Bonchev–Trinajstić information content (AvgIpc) is 2.75. The number of rotatable bonds is 2. The highest BCUT2D eigenvalue weighted by atomic mass is 32.2. The van der Waals surface area contributed by atoms with Crippen LogP contribution in [0.25, 0.3) is 0 Å². The molecule has 2 heterocycles. The van der Waals surface area contributed by atoms with Crippen molar-refractivity contribution in [2.45, 2.75) is 17.1 Å². The lowest BCUT2D eigenvalue weighted by atomic mass is 10.4. The van der Waals surface area contributed by atoms with Gasteiger partial charge in [-0.25, -0.2) is 4.98 Å². The van der Waals surface area contributed by atoms with Crippen molar-refractivity contribution in [2.75, 3.05) is 24.2 Å². The molecular formula is C8H12N2OS2. The fourth-order valence-electron chi connectivity index (χ4n) is 1.44. The van der Waals surface area contributed by atoms with Crippen molar-refractivity contribution >= 4 is 27.3 Å². The predicted octanol–water partition coefficient (Wildman–Crippen LogP) is 1.48. The summed E-state index contributed by atoms with van der Waals surface area (Å²) in [5.41, 5.74) is 0. The van der Waals surface area contributed by atoms with E-state index in [1.54, 1.807) is 23.8 Å². The van der Waals surface area contributed by atoms with Gasteiger partial charge < -0.3 is 4.90 Å². The summed E-state index contributed by atoms with van der Waals surface area (Å²) in [4.78, 5) is 6.54. The summed E-state index contributed by atoms with van der Waals surface area (Å²) in [7, 11) is -0.879. The van der Waals surface area contributed by atoms with Crippen molar-refractivity contribution in [1.82, 2.24) is 4.98 Å². The van der Waals surface area contributed by atoms with E-state index in [-0.39, 0.29) is 0 Å². The lowest BCUT2D eigenvalue weighted by molar-refractivity contribution is 0.688. The summed E-state index contributed by atoms with van der Waals surface area (Å²) in [5.74, 6) is 0. The second-order valence-electron chi connectivity index (χ2n) is 3.11. The van der Waals surface area contributed by atoms with Crippen molar-refractivity contribution in [3.63, 3.8) is 0 Å². The first-order valence-corrected chi connectivity index (χ1v) is 6.69. The molecule has 1 aromatic rings. The van der Waals surface area contributed by atoms with Gasteiger partial charge in [-0.2, -0.15) is 0 Å². The summed E-state index contributed by atoms with van der Waals surface area (Å²) in [6, 6.07) is 0. The standard InChI is InChI=1S/C8H12N2OS2/c1-13(11)7-6-9-8(12-7)10-4-2-3-5-10/h6H,2-5H2,1H3. The Kier molecular flexibility index (Phi) is 2.64. The van der Waals surface area contributed by atoms with Crippen LogP contribution in [0, 0.1) is 0 Å². The van der Waals surface area contributed by atoms with E-state index >= 15 is 0 Å². The highest BCUT2D eigenvalue weighted by Crippen LogP contribution is 2.27. The van der Waals surface area contributed by atoms with Crippen molar-refractivity contribution in [3.05, 3.63) is 6.20 Å². The Labute approximate surface area is 84.2 Å². The predicted molar refractivity (Wildman–Crippen MR) is 55.9 cm³/mol. The Balaban J connectivity index is 2.16. The van der Waals surface area contributed by atoms with Crippen LogP contribution in [0.4, 0.5) is 5.13 Å². The molecule has 13 heavy (non-hydrogen) atoms. The fourth-order valence-corrected chi connectivity index (χ4v) is 3.03. The van der Waals surface area contributed by atoms with Crippen molar-refractivity contribution in [3.8, 4) is 0 Å². The first-order valence-electron chi connectivity index (χ1n) is 4.31. The van der Waals surface area contributed by atoms with Gasteiger partial charge >= 0.3 is 0 Å². The summed E-state index contributed by atoms with van der Waals surface area (Å²) < 4.78 is 12.0. The van der Waals surface area contributed by atoms with Gasteiger partial charge in [0.1, 0.15) is 4.21 Å². The van der Waals surface area contributed by atoms with Crippen LogP contribution in [0.3, 0.4) is 0 Å². The number of aromatic nitrogens is 1. The summed E-state index contributed by atoms with van der Waals surface area (Å²) in [6.07, 6.45) is 5.93. The summed E-state index contributed by atoms with van der Waals surface area (Å²) in [6.45, 7) is 2.20. The van der Waals surface area contributed by atoms with E-state index in [1.807, 2.05) is 0 Å². The van der Waals surface area contributed by atoms with Crippen LogP contribution in [-0.4, -0.2) is 28.5 Å². The van der Waals surface area contributed by atoms with Crippen molar-refractivity contribution in [2.24, 2.45) is 0 Å². The maximum absolute atomic E-state index is 11.1. The minimum atomic E-state index is -0.879. The van der Waals surface area contributed by atoms with Gasteiger partial charge in [0.15, 0.2) is 5.13 Å². The largest absolute Gasteiger partial charge is 0.348 e. The van der Waals surface area contributed by atoms with Gasteiger partial charge in [-0.15, -0.1) is 0 Å². The van der Waals surface area contributed by atoms with Gasteiger partial charge in [0.25, 0.3) is 0 Å². The molecule has 0 radical (unpaired) electrons. The Morgan fingerprint density at radius 2 is 2.23 bits per heavy atom. The van der Waals surface area contributed by atoms with Crippen LogP contribution in [0.2, 0.25) is 0 Å². The van der Waals surface area contributed by atoms with Crippen LogP contribution in [0.15, 0.2) is 10.4 Å². The zero-order valence-electron chi connectivity index (χ0n) is 7.52. The molecule has 72 valence electrons. The van der Waals surface area contributed by atoms with E-state index in [2.05, 4.69) is 9.88 Å². The van der Waals surface area contributed by atoms with Crippen LogP contribution < -0.4 is 4.90 Å². The molecule has 5 heteroatoms. The van der Waals surface area contributed by atoms with E-state index in [4.69, 9.17) is 0 Å². The Morgan fingerprint density at radius 3 is 2.77 bits per heavy atom. The Morgan fingerprint density at radius 1 is 1.54 bits per heavy atom. The first kappa shape index (κ1) is 9.15. The van der Waals surface area contributed by atoms with Crippen molar-refractivity contribution < 1.29 is 4.21 Å². The molecule has 0 aliphatic carbocycles. The normalized spacial score (nSPS) is 19.3. The monoisotopic (exact) mass is 216 g/mol. The number of hydrogen-bond donors (Lipinski definition) is 0. The highest BCUT2D eigenvalue weighted by molar-refractivity contribution is 7.86. The molecule has 1 aliphatic rings. The quantitative estimate of drug-likeness (QED) is 0.751. The molecule has 0 aromatic carbocycles. The van der Waals surface area contributed by atoms with E-state index in [9.17, 15) is 4.21 Å². The Hall–Kier alpha value is -0.420. The smallest absolute Gasteiger partial charge is 0.186 e. The number of hydrogen-bond acceptors (Lipinski definition) is 4. The second kappa shape index (κ2) is 3.75. The minimum Gasteiger partial charge on any atom is -0.348 e. The molecule has 1 fully saturated rings. The number of thiazole rings is 1. The van der Waals surface area contributed by atoms with Gasteiger partial charge in [-0.3, -0.25) is 4.21 Å². The molecule has 1 aromatic heterocycles. The molecule has 3 nitrogen and oxygen atoms in total. The topological polar surface area (TPSA) is 33.2 Å². The average molecular weight is 216 g/mol. The van der Waals surface area contributed by atoms with E-state index in [0.29, 0.717) is 0 Å². The van der Waals surface area contributed by atoms with Gasteiger partial charge in [-0.1, -0.05) is 11.3 Å². The van der Waals surface area contributed by atoms with E-state index in [1.165, 1.54) is 12.8 Å². The molecule has 2 rings (SSSR count). The Bertz CT molecular complexity index is 318. The molecule has 0 bridgehead atoms. The highest BCUT2D eigenvalue weighted by Gasteiger charge is 2.16. The van der Waals surface area contributed by atoms with Crippen LogP contribution in [-0.2, 0) is 10.8 Å². The molecule has 0 N–H and O–H groups in total. The maximum Gasteiger partial charge on any atom is 0.186 e. The van der Waals surface area contributed by atoms with Gasteiger partial charge in [0.2, 0.25) is 0 Å². The third kappa shape index (κ3) is 1.91. The molecule has 0 spiro atoms. The van der Waals surface area contributed by atoms with Gasteiger partial charge in [-0.05, 0) is 12.8 Å². The summed E-state index contributed by atoms with van der Waals surface area (Å²) in [5, 5.41) is 1.03. The van der Waals surface area contributed by atoms with Crippen molar-refractivity contribution in [1.29, 1.82) is 0 Å². The zero-order chi connectivity index (χ0) is 9.26. The lowest BCUT2D eigenvalue weighted by Crippen LogP contribution is -2.16. The third-order valence-corrected chi connectivity index (χ3v) is 4.61. The lowest BCUT2D eigenvalue weighted by Gasteiger charge is -2.11. The molecule has 1 aliphatic heterocycles. The molecule has 1 atom stereocenters.